The van der Waals surface area contributed by atoms with Gasteiger partial charge in [0.1, 0.15) is 0 Å². The van der Waals surface area contributed by atoms with Gasteiger partial charge in [-0.1, -0.05) is 33.6 Å². The highest BCUT2D eigenvalue weighted by Gasteiger charge is 2.30. The second-order valence-electron chi connectivity index (χ2n) is 7.35. The van der Waals surface area contributed by atoms with Crippen molar-refractivity contribution in [3.8, 4) is 0 Å². The van der Waals surface area contributed by atoms with Crippen molar-refractivity contribution in [2.45, 2.75) is 65.7 Å². The van der Waals surface area contributed by atoms with Gasteiger partial charge in [0.2, 0.25) is 0 Å². The molecule has 1 saturated heterocycles. The summed E-state index contributed by atoms with van der Waals surface area (Å²) in [6.07, 6.45) is 9.10. The summed E-state index contributed by atoms with van der Waals surface area (Å²) in [7, 11) is 0. The van der Waals surface area contributed by atoms with Crippen molar-refractivity contribution in [1.29, 1.82) is 5.41 Å². The van der Waals surface area contributed by atoms with Gasteiger partial charge in [0, 0.05) is 19.0 Å². The molecule has 1 aliphatic heterocycles. The number of amidine groups is 1. The molecule has 1 atom stereocenters. The van der Waals surface area contributed by atoms with Crippen LogP contribution in [-0.4, -0.2) is 23.8 Å². The third-order valence-electron chi connectivity index (χ3n) is 5.04. The Balaban J connectivity index is 1.90. The van der Waals surface area contributed by atoms with E-state index in [1.807, 2.05) is 0 Å². The van der Waals surface area contributed by atoms with E-state index in [0.717, 1.165) is 24.8 Å². The molecule has 0 radical (unpaired) electrons. The molecule has 1 heterocycles. The molecule has 104 valence electrons. The normalized spacial score (nSPS) is 27.3. The van der Waals surface area contributed by atoms with E-state index in [1.165, 1.54) is 44.9 Å². The Labute approximate surface area is 113 Å². The molecule has 2 fully saturated rings. The Kier molecular flexibility index (Phi) is 4.34. The van der Waals surface area contributed by atoms with Gasteiger partial charge in [0.05, 0.1) is 5.84 Å². The lowest BCUT2D eigenvalue weighted by atomic mass is 9.77. The first-order chi connectivity index (χ1) is 8.48. The SMILES string of the molecule is CC(C)(C)C1CCCN(C(=N)C2CCCC2)CC1. The number of hydrogen-bond acceptors (Lipinski definition) is 1. The maximum atomic E-state index is 8.43. The minimum atomic E-state index is 0.436. The average Bonchev–Trinajstić information content (AvgIpc) is 2.70. The van der Waals surface area contributed by atoms with Crippen LogP contribution in [0, 0.1) is 22.7 Å². The molecule has 0 aromatic heterocycles. The summed E-state index contributed by atoms with van der Waals surface area (Å²) in [5.74, 6) is 2.37. The second kappa shape index (κ2) is 5.63. The van der Waals surface area contributed by atoms with Crippen LogP contribution >= 0.6 is 0 Å². The molecule has 1 N–H and O–H groups in total. The molecule has 0 aromatic rings. The van der Waals surface area contributed by atoms with Crippen LogP contribution in [0.15, 0.2) is 0 Å². The van der Waals surface area contributed by atoms with Crippen LogP contribution in [0.5, 0.6) is 0 Å². The average molecular weight is 250 g/mol. The van der Waals surface area contributed by atoms with Gasteiger partial charge >= 0.3 is 0 Å². The molecule has 2 aliphatic rings. The van der Waals surface area contributed by atoms with Gasteiger partial charge in [0.25, 0.3) is 0 Å². The van der Waals surface area contributed by atoms with E-state index in [4.69, 9.17) is 5.41 Å². The number of rotatable bonds is 1. The predicted molar refractivity (Wildman–Crippen MR) is 78.1 cm³/mol. The van der Waals surface area contributed by atoms with E-state index < -0.39 is 0 Å². The first-order valence-corrected chi connectivity index (χ1v) is 7.82. The summed E-state index contributed by atoms with van der Waals surface area (Å²) < 4.78 is 0. The van der Waals surface area contributed by atoms with Gasteiger partial charge in [-0.3, -0.25) is 5.41 Å². The van der Waals surface area contributed by atoms with Crippen LogP contribution in [0.2, 0.25) is 0 Å². The standard InChI is InChI=1S/C16H30N2/c1-16(2,3)14-9-6-11-18(12-10-14)15(17)13-7-4-5-8-13/h13-14,17H,4-12H2,1-3H3. The third kappa shape index (κ3) is 3.27. The molecule has 0 aromatic carbocycles. The van der Waals surface area contributed by atoms with Crippen LogP contribution in [0.25, 0.3) is 0 Å². The van der Waals surface area contributed by atoms with Crippen LogP contribution in [0.3, 0.4) is 0 Å². The molecule has 2 rings (SSSR count). The van der Waals surface area contributed by atoms with Crippen molar-refractivity contribution in [2.24, 2.45) is 17.3 Å². The fourth-order valence-electron chi connectivity index (χ4n) is 3.66. The molecule has 1 aliphatic carbocycles. The minimum absolute atomic E-state index is 0.436. The van der Waals surface area contributed by atoms with Gasteiger partial charge in [-0.05, 0) is 43.4 Å². The largest absolute Gasteiger partial charge is 0.360 e. The molecular formula is C16H30N2. The first-order valence-electron chi connectivity index (χ1n) is 7.82. The summed E-state index contributed by atoms with van der Waals surface area (Å²) in [5, 5.41) is 8.43. The predicted octanol–water partition coefficient (Wildman–Crippen LogP) is 4.30. The molecule has 2 heteroatoms. The lowest BCUT2D eigenvalue weighted by Crippen LogP contribution is -2.35. The van der Waals surface area contributed by atoms with Gasteiger partial charge in [-0.15, -0.1) is 0 Å². The minimum Gasteiger partial charge on any atom is -0.360 e. The topological polar surface area (TPSA) is 27.1 Å². The van der Waals surface area contributed by atoms with E-state index in [9.17, 15) is 0 Å². The molecule has 1 unspecified atom stereocenters. The maximum absolute atomic E-state index is 8.43. The highest BCUT2D eigenvalue weighted by molar-refractivity contribution is 5.81. The molecule has 18 heavy (non-hydrogen) atoms. The Morgan fingerprint density at radius 3 is 2.22 bits per heavy atom. The zero-order valence-electron chi connectivity index (χ0n) is 12.5. The Morgan fingerprint density at radius 1 is 0.944 bits per heavy atom. The Morgan fingerprint density at radius 2 is 1.61 bits per heavy atom. The van der Waals surface area contributed by atoms with Gasteiger partial charge in [-0.25, -0.2) is 0 Å². The fraction of sp³-hybridized carbons (Fsp3) is 0.938. The lowest BCUT2D eigenvalue weighted by molar-refractivity contribution is 0.216. The molecule has 0 amide bonds. The van der Waals surface area contributed by atoms with Gasteiger partial charge < -0.3 is 4.90 Å². The lowest BCUT2D eigenvalue weighted by Gasteiger charge is -2.30. The molecule has 0 spiro atoms. The van der Waals surface area contributed by atoms with Crippen molar-refractivity contribution >= 4 is 5.84 Å². The van der Waals surface area contributed by atoms with E-state index in [0.29, 0.717) is 11.3 Å². The second-order valence-corrected chi connectivity index (χ2v) is 7.35. The van der Waals surface area contributed by atoms with Crippen molar-refractivity contribution in [3.05, 3.63) is 0 Å². The van der Waals surface area contributed by atoms with E-state index >= 15 is 0 Å². The molecular weight excluding hydrogens is 220 g/mol. The number of likely N-dealkylation sites (tertiary alicyclic amines) is 1. The van der Waals surface area contributed by atoms with Gasteiger partial charge in [-0.2, -0.15) is 0 Å². The van der Waals surface area contributed by atoms with E-state index in [-0.39, 0.29) is 0 Å². The van der Waals surface area contributed by atoms with Gasteiger partial charge in [0.15, 0.2) is 0 Å². The number of nitrogens with zero attached hydrogens (tertiary/aromatic N) is 1. The van der Waals surface area contributed by atoms with Crippen molar-refractivity contribution in [3.63, 3.8) is 0 Å². The maximum Gasteiger partial charge on any atom is 0.0989 e. The highest BCUT2D eigenvalue weighted by Crippen LogP contribution is 2.35. The zero-order chi connectivity index (χ0) is 13.2. The Bertz CT molecular complexity index is 284. The first kappa shape index (κ1) is 13.9. The van der Waals surface area contributed by atoms with Crippen LogP contribution in [-0.2, 0) is 0 Å². The summed E-state index contributed by atoms with van der Waals surface area (Å²) in [6.45, 7) is 9.36. The highest BCUT2D eigenvalue weighted by atomic mass is 15.2. The third-order valence-corrected chi connectivity index (χ3v) is 5.04. The quantitative estimate of drug-likeness (QED) is 0.545. The zero-order valence-corrected chi connectivity index (χ0v) is 12.5. The summed E-state index contributed by atoms with van der Waals surface area (Å²) in [6, 6.07) is 0. The molecule has 2 nitrogen and oxygen atoms in total. The van der Waals surface area contributed by atoms with Crippen molar-refractivity contribution in [1.82, 2.24) is 4.90 Å². The fourth-order valence-corrected chi connectivity index (χ4v) is 3.66. The van der Waals surface area contributed by atoms with Crippen LogP contribution in [0.4, 0.5) is 0 Å². The molecule has 1 saturated carbocycles. The Hall–Kier alpha value is -0.530. The van der Waals surface area contributed by atoms with Crippen LogP contribution < -0.4 is 0 Å². The van der Waals surface area contributed by atoms with E-state index in [2.05, 4.69) is 25.7 Å². The van der Waals surface area contributed by atoms with Crippen LogP contribution in [0.1, 0.15) is 65.7 Å². The monoisotopic (exact) mass is 250 g/mol. The van der Waals surface area contributed by atoms with Crippen molar-refractivity contribution < 1.29 is 0 Å². The smallest absolute Gasteiger partial charge is 0.0989 e. The summed E-state index contributed by atoms with van der Waals surface area (Å²) >= 11 is 0. The van der Waals surface area contributed by atoms with E-state index in [1.54, 1.807) is 0 Å². The number of hydrogen-bond donors (Lipinski definition) is 1. The number of nitrogens with one attached hydrogen (secondary N) is 1. The molecule has 0 bridgehead atoms. The summed E-state index contributed by atoms with van der Waals surface area (Å²) in [5.41, 5.74) is 0.436. The summed E-state index contributed by atoms with van der Waals surface area (Å²) in [4.78, 5) is 2.39. The van der Waals surface area contributed by atoms with Crippen molar-refractivity contribution in [2.75, 3.05) is 13.1 Å².